The maximum Gasteiger partial charge on any atom is 0.226 e. The van der Waals surface area contributed by atoms with E-state index in [4.69, 9.17) is 15.6 Å². The molecule has 1 aliphatic heterocycles. The molecule has 1 aromatic carbocycles. The number of para-hydroxylation sites is 2. The topological polar surface area (TPSA) is 75.8 Å². The largest absolute Gasteiger partial charge is 0.491 e. The molecule has 0 bridgehead atoms. The van der Waals surface area contributed by atoms with E-state index >= 15 is 0 Å². The summed E-state index contributed by atoms with van der Waals surface area (Å²) in [6.45, 7) is 1.79. The molecule has 1 heterocycles. The number of likely N-dealkylation sites (tertiary alicyclic amines) is 1. The lowest BCUT2D eigenvalue weighted by molar-refractivity contribution is -0.138. The lowest BCUT2D eigenvalue weighted by atomic mass is 10.0. The van der Waals surface area contributed by atoms with Crippen molar-refractivity contribution >= 4 is 11.6 Å². The van der Waals surface area contributed by atoms with Gasteiger partial charge in [0.05, 0.1) is 18.7 Å². The number of hydrogen-bond acceptors (Lipinski definition) is 4. The monoisotopic (exact) mass is 250 g/mol. The third-order valence-electron chi connectivity index (χ3n) is 3.06. The van der Waals surface area contributed by atoms with Crippen molar-refractivity contribution in [3.05, 3.63) is 24.3 Å². The van der Waals surface area contributed by atoms with Crippen molar-refractivity contribution in [3.63, 3.8) is 0 Å². The predicted molar refractivity (Wildman–Crippen MR) is 68.1 cm³/mol. The molecule has 3 N–H and O–H groups in total. The van der Waals surface area contributed by atoms with E-state index in [1.54, 1.807) is 17.0 Å². The van der Waals surface area contributed by atoms with Crippen LogP contribution in [0.3, 0.4) is 0 Å². The minimum absolute atomic E-state index is 0.0641. The summed E-state index contributed by atoms with van der Waals surface area (Å²) in [4.78, 5) is 13.4. The normalized spacial score (nSPS) is 15.3. The maximum atomic E-state index is 11.7. The van der Waals surface area contributed by atoms with Crippen LogP contribution in [-0.4, -0.2) is 42.2 Å². The molecule has 0 unspecified atom stereocenters. The number of nitrogens with zero attached hydrogens (tertiary/aromatic N) is 1. The van der Waals surface area contributed by atoms with Crippen LogP contribution in [-0.2, 0) is 4.79 Å². The Labute approximate surface area is 106 Å². The fourth-order valence-corrected chi connectivity index (χ4v) is 1.91. The van der Waals surface area contributed by atoms with Gasteiger partial charge < -0.3 is 20.5 Å². The smallest absolute Gasteiger partial charge is 0.226 e. The number of aliphatic hydroxyl groups excluding tert-OH is 1. The fraction of sp³-hybridized carbons (Fsp3) is 0.462. The van der Waals surface area contributed by atoms with E-state index in [1.807, 2.05) is 12.1 Å². The van der Waals surface area contributed by atoms with Gasteiger partial charge in [-0.05, 0) is 12.1 Å². The number of carbonyl (C=O) groups excluding carboxylic acids is 1. The van der Waals surface area contributed by atoms with E-state index in [0.29, 0.717) is 37.6 Å². The van der Waals surface area contributed by atoms with Gasteiger partial charge >= 0.3 is 0 Å². The first-order valence-electron chi connectivity index (χ1n) is 6.06. The van der Waals surface area contributed by atoms with Crippen molar-refractivity contribution in [3.8, 4) is 5.75 Å². The molecule has 1 amide bonds. The highest BCUT2D eigenvalue weighted by Crippen LogP contribution is 2.20. The molecule has 0 aliphatic carbocycles. The first-order valence-corrected chi connectivity index (χ1v) is 6.06. The summed E-state index contributed by atoms with van der Waals surface area (Å²) in [6.07, 6.45) is 0.340. The molecule has 1 aromatic rings. The molecule has 0 aromatic heterocycles. The Bertz CT molecular complexity index is 416. The lowest BCUT2D eigenvalue weighted by Gasteiger charge is -2.38. The zero-order chi connectivity index (χ0) is 13.0. The summed E-state index contributed by atoms with van der Waals surface area (Å²) in [6, 6.07) is 7.22. The molecule has 5 heteroatoms. The first kappa shape index (κ1) is 12.7. The van der Waals surface area contributed by atoms with Gasteiger partial charge in [0.1, 0.15) is 5.75 Å². The number of anilines is 1. The summed E-state index contributed by atoms with van der Waals surface area (Å²) < 4.78 is 5.46. The minimum Gasteiger partial charge on any atom is -0.491 e. The van der Waals surface area contributed by atoms with Gasteiger partial charge in [0, 0.05) is 25.6 Å². The number of rotatable bonds is 5. The second-order valence-corrected chi connectivity index (χ2v) is 4.48. The molecule has 0 saturated carbocycles. The predicted octanol–water partition coefficient (Wildman–Crippen LogP) is 0.488. The molecule has 0 radical (unpaired) electrons. The summed E-state index contributed by atoms with van der Waals surface area (Å²) in [5.74, 6) is 0.927. The summed E-state index contributed by atoms with van der Waals surface area (Å²) in [5.41, 5.74) is 6.30. The Kier molecular flexibility index (Phi) is 4.04. The summed E-state index contributed by atoms with van der Waals surface area (Å²) in [5, 5.41) is 8.86. The van der Waals surface area contributed by atoms with Crippen LogP contribution in [0.4, 0.5) is 5.69 Å². The van der Waals surface area contributed by atoms with Crippen molar-refractivity contribution in [2.45, 2.75) is 6.42 Å². The van der Waals surface area contributed by atoms with Crippen molar-refractivity contribution in [2.24, 2.45) is 5.92 Å². The lowest BCUT2D eigenvalue weighted by Crippen LogP contribution is -2.51. The van der Waals surface area contributed by atoms with Crippen LogP contribution in [0.25, 0.3) is 0 Å². The summed E-state index contributed by atoms with van der Waals surface area (Å²) in [7, 11) is 0. The number of nitrogen functional groups attached to an aromatic ring is 1. The van der Waals surface area contributed by atoms with Gasteiger partial charge in [-0.25, -0.2) is 0 Å². The van der Waals surface area contributed by atoms with E-state index in [2.05, 4.69) is 0 Å². The van der Waals surface area contributed by atoms with Gasteiger partial charge in [0.2, 0.25) is 5.91 Å². The van der Waals surface area contributed by atoms with Crippen LogP contribution in [0.1, 0.15) is 6.42 Å². The molecular weight excluding hydrogens is 232 g/mol. The number of benzene rings is 1. The third-order valence-corrected chi connectivity index (χ3v) is 3.06. The molecule has 0 spiro atoms. The van der Waals surface area contributed by atoms with Gasteiger partial charge in [-0.1, -0.05) is 12.1 Å². The van der Waals surface area contributed by atoms with Gasteiger partial charge in [0.15, 0.2) is 0 Å². The highest BCUT2D eigenvalue weighted by atomic mass is 16.5. The van der Waals surface area contributed by atoms with Gasteiger partial charge in [-0.2, -0.15) is 0 Å². The molecule has 5 nitrogen and oxygen atoms in total. The third kappa shape index (κ3) is 2.92. The first-order chi connectivity index (χ1) is 8.70. The van der Waals surface area contributed by atoms with E-state index in [1.165, 1.54) is 0 Å². The van der Waals surface area contributed by atoms with Crippen LogP contribution in [0.15, 0.2) is 24.3 Å². The Morgan fingerprint density at radius 3 is 2.83 bits per heavy atom. The van der Waals surface area contributed by atoms with Crippen molar-refractivity contribution < 1.29 is 14.6 Å². The quantitative estimate of drug-likeness (QED) is 0.746. The van der Waals surface area contributed by atoms with Crippen LogP contribution >= 0.6 is 0 Å². The van der Waals surface area contributed by atoms with Gasteiger partial charge in [0.25, 0.3) is 0 Å². The number of nitrogens with two attached hydrogens (primary N) is 1. The van der Waals surface area contributed by atoms with Crippen LogP contribution in [0, 0.1) is 5.92 Å². The molecule has 1 aliphatic rings. The maximum absolute atomic E-state index is 11.7. The Balaban J connectivity index is 1.70. The molecule has 2 rings (SSSR count). The standard InChI is InChI=1S/C13H18N2O3/c14-11-3-1-2-4-12(11)18-6-5-13(17)15-7-10(8-15)9-16/h1-4,10,16H,5-9,14H2. The Morgan fingerprint density at radius 2 is 2.17 bits per heavy atom. The summed E-state index contributed by atoms with van der Waals surface area (Å²) >= 11 is 0. The highest BCUT2D eigenvalue weighted by Gasteiger charge is 2.29. The van der Waals surface area contributed by atoms with E-state index in [-0.39, 0.29) is 18.4 Å². The van der Waals surface area contributed by atoms with E-state index < -0.39 is 0 Å². The number of aliphatic hydroxyl groups is 1. The van der Waals surface area contributed by atoms with Gasteiger partial charge in [-0.3, -0.25) is 4.79 Å². The Morgan fingerprint density at radius 1 is 1.44 bits per heavy atom. The molecular formula is C13H18N2O3. The van der Waals surface area contributed by atoms with E-state index in [9.17, 15) is 4.79 Å². The number of amides is 1. The minimum atomic E-state index is 0.0641. The van der Waals surface area contributed by atoms with Crippen molar-refractivity contribution in [1.29, 1.82) is 0 Å². The number of ether oxygens (including phenoxy) is 1. The van der Waals surface area contributed by atoms with Crippen LogP contribution in [0.5, 0.6) is 5.75 Å². The van der Waals surface area contributed by atoms with Crippen LogP contribution < -0.4 is 10.5 Å². The number of hydrogen-bond donors (Lipinski definition) is 2. The molecule has 98 valence electrons. The van der Waals surface area contributed by atoms with Crippen molar-refractivity contribution in [1.82, 2.24) is 4.90 Å². The fourth-order valence-electron chi connectivity index (χ4n) is 1.91. The molecule has 0 atom stereocenters. The Hall–Kier alpha value is -1.75. The molecule has 1 fully saturated rings. The molecule has 18 heavy (non-hydrogen) atoms. The zero-order valence-electron chi connectivity index (χ0n) is 10.2. The number of carbonyl (C=O) groups is 1. The van der Waals surface area contributed by atoms with Crippen molar-refractivity contribution in [2.75, 3.05) is 32.0 Å². The average molecular weight is 250 g/mol. The second kappa shape index (κ2) is 5.73. The van der Waals surface area contributed by atoms with Gasteiger partial charge in [-0.15, -0.1) is 0 Å². The average Bonchev–Trinajstić information content (AvgIpc) is 2.30. The molecule has 1 saturated heterocycles. The van der Waals surface area contributed by atoms with Crippen LogP contribution in [0.2, 0.25) is 0 Å². The SMILES string of the molecule is Nc1ccccc1OCCC(=O)N1CC(CO)C1. The second-order valence-electron chi connectivity index (χ2n) is 4.48. The zero-order valence-corrected chi connectivity index (χ0v) is 10.2. The van der Waals surface area contributed by atoms with E-state index in [0.717, 1.165) is 0 Å². The highest BCUT2D eigenvalue weighted by molar-refractivity contribution is 5.77.